The van der Waals surface area contributed by atoms with Crippen LogP contribution >= 0.6 is 11.3 Å². The molecular weight excluding hydrogens is 457 g/mol. The maximum Gasteiger partial charge on any atom is 0.433 e. The van der Waals surface area contributed by atoms with Gasteiger partial charge in [0.05, 0.1) is 0 Å². The van der Waals surface area contributed by atoms with E-state index >= 15 is 0 Å². The zero-order valence-electron chi connectivity index (χ0n) is 16.2. The molecule has 0 aliphatic heterocycles. The highest BCUT2D eigenvalue weighted by Gasteiger charge is 2.33. The predicted molar refractivity (Wildman–Crippen MR) is 106 cm³/mol. The van der Waals surface area contributed by atoms with Gasteiger partial charge in [0.25, 0.3) is 0 Å². The normalized spacial score (nSPS) is 12.4. The van der Waals surface area contributed by atoms with Gasteiger partial charge in [-0.25, -0.2) is 13.8 Å². The third kappa shape index (κ3) is 4.51. The Morgan fingerprint density at radius 3 is 2.34 bits per heavy atom. The van der Waals surface area contributed by atoms with Gasteiger partial charge in [0.1, 0.15) is 22.4 Å². The van der Waals surface area contributed by atoms with Crippen molar-refractivity contribution in [3.8, 4) is 0 Å². The number of ketones is 1. The molecule has 0 unspecified atom stereocenters. The lowest BCUT2D eigenvalue weighted by Gasteiger charge is -2.26. The summed E-state index contributed by atoms with van der Waals surface area (Å²) in [5, 5.41) is -0.0389. The summed E-state index contributed by atoms with van der Waals surface area (Å²) >= 11 is 0.697. The number of hydrogen-bond acceptors (Lipinski definition) is 7. The molecule has 3 rings (SSSR count). The van der Waals surface area contributed by atoms with Crippen LogP contribution in [-0.4, -0.2) is 27.7 Å². The van der Waals surface area contributed by atoms with Crippen molar-refractivity contribution in [2.45, 2.75) is 19.1 Å². The number of halogens is 5. The van der Waals surface area contributed by atoms with Crippen molar-refractivity contribution in [2.75, 3.05) is 10.6 Å². The third-order valence-corrected chi connectivity index (χ3v) is 5.42. The number of alkyl halides is 3. The first kappa shape index (κ1) is 23.1. The van der Waals surface area contributed by atoms with Gasteiger partial charge >= 0.3 is 6.18 Å². The fourth-order valence-corrected chi connectivity index (χ4v) is 3.72. The summed E-state index contributed by atoms with van der Waals surface area (Å²) in [4.78, 5) is 32.8. The second-order valence-electron chi connectivity index (χ2n) is 6.52. The van der Waals surface area contributed by atoms with Crippen molar-refractivity contribution in [1.82, 2.24) is 9.97 Å². The van der Waals surface area contributed by atoms with Gasteiger partial charge in [0, 0.05) is 23.5 Å². The first-order chi connectivity index (χ1) is 14.9. The van der Waals surface area contributed by atoms with E-state index in [1.165, 1.54) is 13.0 Å². The molecule has 7 nitrogen and oxygen atoms in total. The van der Waals surface area contributed by atoms with Gasteiger partial charge in [-0.15, -0.1) is 0 Å². The quantitative estimate of drug-likeness (QED) is 0.419. The lowest BCUT2D eigenvalue weighted by molar-refractivity contribution is -0.141. The van der Waals surface area contributed by atoms with Crippen LogP contribution in [0.4, 0.5) is 38.6 Å². The minimum Gasteiger partial charge on any atom is -0.382 e. The first-order valence-corrected chi connectivity index (χ1v) is 9.59. The summed E-state index contributed by atoms with van der Waals surface area (Å²) in [7, 11) is 0. The molecular formula is C19H14F5N5O2S. The molecule has 3 aromatic rings. The van der Waals surface area contributed by atoms with E-state index in [9.17, 15) is 31.5 Å². The first-order valence-electron chi connectivity index (χ1n) is 8.78. The minimum atomic E-state index is -4.67. The van der Waals surface area contributed by atoms with Crippen LogP contribution in [0.25, 0.3) is 0 Å². The number of thiazole rings is 1. The molecule has 0 spiro atoms. The van der Waals surface area contributed by atoms with Gasteiger partial charge in [-0.3, -0.25) is 14.6 Å². The fraction of sp³-hybridized carbons (Fsp3) is 0.158. The number of nitrogens with zero attached hydrogens (tertiary/aromatic N) is 3. The number of pyridine rings is 1. The third-order valence-electron chi connectivity index (χ3n) is 4.35. The highest BCUT2D eigenvalue weighted by Crippen LogP contribution is 2.36. The number of aromatic nitrogens is 2. The van der Waals surface area contributed by atoms with Crippen LogP contribution in [-0.2, 0) is 11.0 Å². The average molecular weight is 471 g/mol. The highest BCUT2D eigenvalue weighted by atomic mass is 32.1. The largest absolute Gasteiger partial charge is 0.433 e. The van der Waals surface area contributed by atoms with Crippen molar-refractivity contribution in [1.29, 1.82) is 0 Å². The van der Waals surface area contributed by atoms with E-state index in [2.05, 4.69) is 9.97 Å². The Morgan fingerprint density at radius 2 is 1.81 bits per heavy atom. The Hall–Kier alpha value is -3.61. The SMILES string of the molecule is C[C@H](C(N)=O)N(c1ccc(F)c(F)c1)c1nc(N)c(C(=O)c2ccc(C(F)(F)F)nc2)s1. The smallest absolute Gasteiger partial charge is 0.382 e. The van der Waals surface area contributed by atoms with E-state index in [-0.39, 0.29) is 27.1 Å². The number of amides is 1. The number of nitrogen functional groups attached to an aromatic ring is 1. The second-order valence-corrected chi connectivity index (χ2v) is 7.49. The molecule has 2 aromatic heterocycles. The molecule has 168 valence electrons. The molecule has 0 radical (unpaired) electrons. The number of anilines is 3. The number of hydrogen-bond donors (Lipinski definition) is 2. The molecule has 32 heavy (non-hydrogen) atoms. The van der Waals surface area contributed by atoms with Crippen LogP contribution in [0.2, 0.25) is 0 Å². The van der Waals surface area contributed by atoms with E-state index in [1.807, 2.05) is 0 Å². The van der Waals surface area contributed by atoms with Crippen LogP contribution in [0, 0.1) is 11.6 Å². The van der Waals surface area contributed by atoms with Crippen LogP contribution in [0.3, 0.4) is 0 Å². The van der Waals surface area contributed by atoms with Crippen LogP contribution < -0.4 is 16.4 Å². The summed E-state index contributed by atoms with van der Waals surface area (Å²) in [6.45, 7) is 1.38. The monoisotopic (exact) mass is 471 g/mol. The zero-order chi connectivity index (χ0) is 23.8. The number of nitrogens with two attached hydrogens (primary N) is 2. The summed E-state index contributed by atoms with van der Waals surface area (Å²) < 4.78 is 65.2. The van der Waals surface area contributed by atoms with Crippen molar-refractivity contribution < 1.29 is 31.5 Å². The lowest BCUT2D eigenvalue weighted by atomic mass is 10.1. The molecule has 0 saturated heterocycles. The minimum absolute atomic E-state index is 0.0131. The van der Waals surface area contributed by atoms with Gasteiger partial charge in [-0.05, 0) is 31.2 Å². The van der Waals surface area contributed by atoms with E-state index in [4.69, 9.17) is 11.5 Å². The van der Waals surface area contributed by atoms with Crippen molar-refractivity contribution in [3.05, 3.63) is 64.3 Å². The van der Waals surface area contributed by atoms with E-state index in [1.54, 1.807) is 0 Å². The molecule has 0 bridgehead atoms. The number of rotatable bonds is 6. The molecule has 0 saturated carbocycles. The van der Waals surface area contributed by atoms with Crippen LogP contribution in [0.1, 0.15) is 27.9 Å². The predicted octanol–water partition coefficient (Wildman–Crippen LogP) is 3.66. The molecule has 2 heterocycles. The Balaban J connectivity index is 2.02. The van der Waals surface area contributed by atoms with Gasteiger partial charge < -0.3 is 16.4 Å². The summed E-state index contributed by atoms with van der Waals surface area (Å²) in [5.74, 6) is -4.18. The summed E-state index contributed by atoms with van der Waals surface area (Å²) in [6, 6.07) is 3.32. The number of carbonyl (C=O) groups excluding carboxylic acids is 2. The zero-order valence-corrected chi connectivity index (χ0v) is 17.0. The van der Waals surface area contributed by atoms with Crippen LogP contribution in [0.15, 0.2) is 36.5 Å². The lowest BCUT2D eigenvalue weighted by Crippen LogP contribution is -2.40. The van der Waals surface area contributed by atoms with Gasteiger partial charge in [-0.2, -0.15) is 13.2 Å². The van der Waals surface area contributed by atoms with Gasteiger partial charge in [0.2, 0.25) is 11.7 Å². The number of primary amides is 1. The van der Waals surface area contributed by atoms with Crippen molar-refractivity contribution in [3.63, 3.8) is 0 Å². The highest BCUT2D eigenvalue weighted by molar-refractivity contribution is 7.18. The molecule has 0 aliphatic carbocycles. The summed E-state index contributed by atoms with van der Waals surface area (Å²) in [5.41, 5.74) is 9.84. The molecule has 0 aliphatic rings. The van der Waals surface area contributed by atoms with E-state index < -0.39 is 41.2 Å². The number of carbonyl (C=O) groups is 2. The molecule has 13 heteroatoms. The maximum absolute atomic E-state index is 13.8. The maximum atomic E-state index is 13.8. The Morgan fingerprint density at radius 1 is 1.12 bits per heavy atom. The van der Waals surface area contributed by atoms with Crippen molar-refractivity contribution >= 4 is 39.7 Å². The average Bonchev–Trinajstić information content (AvgIpc) is 3.10. The number of benzene rings is 1. The second kappa shape index (κ2) is 8.49. The fourth-order valence-electron chi connectivity index (χ4n) is 2.67. The molecule has 1 amide bonds. The summed E-state index contributed by atoms with van der Waals surface area (Å²) in [6.07, 6.45) is -3.92. The molecule has 1 atom stereocenters. The molecule has 1 aromatic carbocycles. The Kier molecular flexibility index (Phi) is 6.12. The molecule has 4 N–H and O–H groups in total. The van der Waals surface area contributed by atoms with Gasteiger partial charge in [-0.1, -0.05) is 11.3 Å². The van der Waals surface area contributed by atoms with Crippen LogP contribution in [0.5, 0.6) is 0 Å². The molecule has 0 fully saturated rings. The Bertz CT molecular complexity index is 1180. The van der Waals surface area contributed by atoms with E-state index in [0.717, 1.165) is 29.3 Å². The van der Waals surface area contributed by atoms with Crippen molar-refractivity contribution in [2.24, 2.45) is 5.73 Å². The standard InChI is InChI=1S/C19H14F5N5O2S/c1-8(17(26)31)29(10-3-4-11(20)12(21)6-10)18-28-16(25)15(32-18)14(30)9-2-5-13(27-7-9)19(22,23)24/h2-8H,25H2,1H3,(H2,26,31)/t8-/m1/s1. The Labute approximate surface area is 181 Å². The topological polar surface area (TPSA) is 115 Å². The van der Waals surface area contributed by atoms with E-state index in [0.29, 0.717) is 17.4 Å². The van der Waals surface area contributed by atoms with Gasteiger partial charge in [0.15, 0.2) is 16.8 Å².